The van der Waals surface area contributed by atoms with E-state index in [1.165, 1.54) is 0 Å². The summed E-state index contributed by atoms with van der Waals surface area (Å²) in [6.07, 6.45) is -4.25. The van der Waals surface area contributed by atoms with E-state index in [4.69, 9.17) is 19.8 Å². The van der Waals surface area contributed by atoms with E-state index in [2.05, 4.69) is 4.74 Å². The molecule has 0 amide bonds. The summed E-state index contributed by atoms with van der Waals surface area (Å²) in [5.74, 6) is 0. The summed E-state index contributed by atoms with van der Waals surface area (Å²) in [6, 6.07) is 0. The first-order valence-electron chi connectivity index (χ1n) is 1.22. The molecule has 0 aromatic heterocycles. The summed E-state index contributed by atoms with van der Waals surface area (Å²) in [6.45, 7) is 0. The molecule has 0 fully saturated rings. The van der Waals surface area contributed by atoms with Gasteiger partial charge in [0.1, 0.15) is 0 Å². The Balaban J connectivity index is 0. The van der Waals surface area contributed by atoms with Gasteiger partial charge in [0, 0.05) is 0 Å². The fourth-order valence-electron chi connectivity index (χ4n) is 0.0680. The van der Waals surface area contributed by atoms with Crippen molar-refractivity contribution in [2.45, 2.75) is 0 Å². The topological polar surface area (TPSA) is 89.5 Å². The minimum atomic E-state index is -2.12. The average molecular weight is 336 g/mol. The van der Waals surface area contributed by atoms with Crippen molar-refractivity contribution in [1.29, 1.82) is 0 Å². The van der Waals surface area contributed by atoms with E-state index in [9.17, 15) is 0 Å². The predicted molar refractivity (Wildman–Crippen MR) is 11.9 cm³/mol. The van der Waals surface area contributed by atoms with Crippen molar-refractivity contribution in [2.24, 2.45) is 0 Å². The maximum Gasteiger partial charge on any atom is 2.00 e. The van der Waals surface area contributed by atoms with Crippen LogP contribution in [-0.4, -0.2) is 12.3 Å². The van der Waals surface area contributed by atoms with E-state index < -0.39 is 12.3 Å². The zero-order valence-electron chi connectivity index (χ0n) is 3.54. The second kappa shape index (κ2) is 5.21. The second-order valence-electron chi connectivity index (χ2n) is 0.602. The number of ether oxygens (including phenoxy) is 1. The van der Waals surface area contributed by atoms with E-state index >= 15 is 0 Å². The number of rotatable bonds is 0. The Morgan fingerprint density at radius 1 is 1.12 bits per heavy atom. The van der Waals surface area contributed by atoms with Gasteiger partial charge in [0.2, 0.25) is 0 Å². The zero-order chi connectivity index (χ0) is 5.86. The van der Waals surface area contributed by atoms with Gasteiger partial charge in [-0.3, -0.25) is 0 Å². The van der Waals surface area contributed by atoms with Crippen molar-refractivity contribution >= 4 is 12.3 Å². The van der Waals surface area contributed by atoms with Crippen molar-refractivity contribution in [3.8, 4) is 0 Å². The second-order valence-corrected chi connectivity index (χ2v) is 0.602. The van der Waals surface area contributed by atoms with E-state index in [1.54, 1.807) is 0 Å². The molecule has 0 aliphatic heterocycles. The molecule has 0 spiro atoms. The number of hydrogen-bond donors (Lipinski definition) is 0. The SMILES string of the molecule is O=C([O-])OC(=O)[O-].[Th+2]. The fraction of sp³-hybridized carbons (Fsp3) is 0. The fourth-order valence-corrected chi connectivity index (χ4v) is 0.0680. The van der Waals surface area contributed by atoms with Gasteiger partial charge in [-0.2, -0.15) is 0 Å². The maximum atomic E-state index is 9.06. The van der Waals surface area contributed by atoms with Gasteiger partial charge in [0.25, 0.3) is 12.3 Å². The number of hydrogen-bond acceptors (Lipinski definition) is 5. The van der Waals surface area contributed by atoms with Gasteiger partial charge >= 0.3 is 39.9 Å². The summed E-state index contributed by atoms with van der Waals surface area (Å²) in [4.78, 5) is 18.1. The van der Waals surface area contributed by atoms with E-state index in [0.717, 1.165) is 0 Å². The van der Waals surface area contributed by atoms with Crippen LogP contribution in [0, 0.1) is 39.9 Å². The van der Waals surface area contributed by atoms with Gasteiger partial charge in [0.05, 0.1) is 0 Å². The molecule has 0 aromatic carbocycles. The van der Waals surface area contributed by atoms with E-state index in [1.807, 2.05) is 0 Å². The van der Waals surface area contributed by atoms with E-state index in [-0.39, 0.29) is 39.9 Å². The van der Waals surface area contributed by atoms with Crippen molar-refractivity contribution in [1.82, 2.24) is 0 Å². The molecule has 0 aromatic rings. The van der Waals surface area contributed by atoms with Crippen LogP contribution in [0.3, 0.4) is 0 Å². The predicted octanol–water partition coefficient (Wildman–Crippen LogP) is -2.31. The molecule has 0 aliphatic rings. The third-order valence-corrected chi connectivity index (χ3v) is 0.167. The Bertz CT molecular complexity index is 86.6. The summed E-state index contributed by atoms with van der Waals surface area (Å²) < 4.78 is 2.86. The standard InChI is InChI=1S/C2H2O5.Th/c3-1(4)7-2(5)6;/h(H,3,4)(H,5,6);/q;+2/p-2. The van der Waals surface area contributed by atoms with Crippen LogP contribution >= 0.6 is 0 Å². The van der Waals surface area contributed by atoms with Crippen molar-refractivity contribution in [3.05, 3.63) is 0 Å². The number of carboxylic acid groups (broad SMARTS) is 2. The molecule has 6 heteroatoms. The first-order valence-corrected chi connectivity index (χ1v) is 1.22. The molecule has 0 saturated heterocycles. The van der Waals surface area contributed by atoms with Crippen LogP contribution in [0.5, 0.6) is 0 Å². The first kappa shape index (κ1) is 10.9. The Morgan fingerprint density at radius 2 is 1.38 bits per heavy atom. The summed E-state index contributed by atoms with van der Waals surface area (Å²) >= 11 is 0. The third-order valence-electron chi connectivity index (χ3n) is 0.167. The van der Waals surface area contributed by atoms with Crippen LogP contribution in [0.1, 0.15) is 0 Å². The molecular formula is C2O5Th. The van der Waals surface area contributed by atoms with Crippen molar-refractivity contribution in [2.75, 3.05) is 0 Å². The first-order chi connectivity index (χ1) is 3.13. The largest absolute Gasteiger partial charge is 2.00 e. The van der Waals surface area contributed by atoms with Crippen LogP contribution in [0.25, 0.3) is 0 Å². The maximum absolute atomic E-state index is 9.06. The Morgan fingerprint density at radius 3 is 1.38 bits per heavy atom. The quantitative estimate of drug-likeness (QED) is 0.366. The normalized spacial score (nSPS) is 6.50. The van der Waals surface area contributed by atoms with Gasteiger partial charge in [-0.15, -0.1) is 0 Å². The van der Waals surface area contributed by atoms with Crippen LogP contribution in [0.2, 0.25) is 0 Å². The number of carbonyl (C=O) groups excluding carboxylic acids is 2. The van der Waals surface area contributed by atoms with Gasteiger partial charge < -0.3 is 24.5 Å². The summed E-state index contributed by atoms with van der Waals surface area (Å²) in [7, 11) is 0. The van der Waals surface area contributed by atoms with Gasteiger partial charge in [0.15, 0.2) is 0 Å². The third kappa shape index (κ3) is 9.42. The number of carbonyl (C=O) groups is 2. The van der Waals surface area contributed by atoms with Crippen LogP contribution in [0.4, 0.5) is 9.59 Å². The smallest absolute Gasteiger partial charge is 0.483 e. The monoisotopic (exact) mass is 336 g/mol. The molecule has 0 saturated carbocycles. The summed E-state index contributed by atoms with van der Waals surface area (Å²) in [5, 5.41) is 18.1. The van der Waals surface area contributed by atoms with Gasteiger partial charge in [-0.05, 0) is 0 Å². The molecule has 0 rings (SSSR count). The zero-order valence-corrected chi connectivity index (χ0v) is 7.65. The van der Waals surface area contributed by atoms with E-state index in [0.29, 0.717) is 0 Å². The minimum Gasteiger partial charge on any atom is -0.483 e. The molecule has 0 N–H and O–H groups in total. The van der Waals surface area contributed by atoms with Crippen LogP contribution in [-0.2, 0) is 4.74 Å². The molecule has 0 atom stereocenters. The van der Waals surface area contributed by atoms with Crippen LogP contribution < -0.4 is 10.2 Å². The average Bonchev–Trinajstić information content (AvgIpc) is 1.27. The molecule has 0 unspecified atom stereocenters. The Labute approximate surface area is 76.3 Å². The summed E-state index contributed by atoms with van der Waals surface area (Å²) in [5.41, 5.74) is 0. The molecule has 0 aliphatic carbocycles. The van der Waals surface area contributed by atoms with Crippen LogP contribution in [0.15, 0.2) is 0 Å². The Kier molecular flexibility index (Phi) is 7.12. The van der Waals surface area contributed by atoms with Gasteiger partial charge in [-0.25, -0.2) is 0 Å². The van der Waals surface area contributed by atoms with Crippen molar-refractivity contribution < 1.29 is 64.5 Å². The molecule has 42 valence electrons. The van der Waals surface area contributed by atoms with Crippen molar-refractivity contribution in [3.63, 3.8) is 0 Å². The molecule has 0 heterocycles. The molecule has 5 nitrogen and oxygen atoms in total. The minimum absolute atomic E-state index is 0. The van der Waals surface area contributed by atoms with Gasteiger partial charge in [-0.1, -0.05) is 0 Å². The molecule has 0 radical (unpaired) electrons. The molecule has 0 bridgehead atoms. The Hall–Kier alpha value is 0.0647. The molecular weight excluding hydrogens is 336 g/mol. The molecule has 8 heavy (non-hydrogen) atoms.